The van der Waals surface area contributed by atoms with Crippen molar-refractivity contribution in [1.29, 1.82) is 0 Å². The number of aliphatic hydroxyl groups is 2. The predicted octanol–water partition coefficient (Wildman–Crippen LogP) is -1.34. The van der Waals surface area contributed by atoms with Gasteiger partial charge in [-0.3, -0.25) is 10.1 Å². The van der Waals surface area contributed by atoms with Gasteiger partial charge in [0.1, 0.15) is 12.2 Å². The second-order valence-electron chi connectivity index (χ2n) is 3.14. The van der Waals surface area contributed by atoms with Gasteiger partial charge in [0.2, 0.25) is 0 Å². The van der Waals surface area contributed by atoms with E-state index in [1.807, 2.05) is 5.32 Å². The molecule has 1 saturated heterocycles. The molecule has 0 aromatic rings. The topological polar surface area (TPSA) is 98.7 Å². The van der Waals surface area contributed by atoms with Crippen molar-refractivity contribution in [2.45, 2.75) is 17.7 Å². The number of rotatable bonds is 4. The second kappa shape index (κ2) is 3.84. The predicted molar refractivity (Wildman–Crippen MR) is 51.8 cm³/mol. The first-order chi connectivity index (χ1) is 6.98. The van der Waals surface area contributed by atoms with Gasteiger partial charge in [0.05, 0.1) is 0 Å². The number of amides is 3. The van der Waals surface area contributed by atoms with E-state index in [0.29, 0.717) is 0 Å². The molecule has 1 aliphatic rings. The van der Waals surface area contributed by atoms with Crippen molar-refractivity contribution < 1.29 is 19.8 Å². The summed E-state index contributed by atoms with van der Waals surface area (Å²) in [4.78, 5) is 22.5. The zero-order chi connectivity index (χ0) is 11.6. The highest BCUT2D eigenvalue weighted by Crippen LogP contribution is 2.22. The van der Waals surface area contributed by atoms with Crippen LogP contribution in [0.1, 0.15) is 0 Å². The van der Waals surface area contributed by atoms with E-state index in [9.17, 15) is 19.8 Å². The third-order valence-corrected chi connectivity index (χ3v) is 2.30. The Hall–Kier alpha value is -1.66. The van der Waals surface area contributed by atoms with E-state index in [1.165, 1.54) is 0 Å². The number of hydrogen-bond donors (Lipinski definition) is 4. The van der Waals surface area contributed by atoms with Crippen LogP contribution in [0.5, 0.6) is 0 Å². The minimum Gasteiger partial charge on any atom is -0.386 e. The van der Waals surface area contributed by atoms with Gasteiger partial charge in [0.15, 0.2) is 5.54 Å². The number of carbonyl (C=O) groups excluding carboxylic acids is 2. The van der Waals surface area contributed by atoms with Crippen LogP contribution in [-0.2, 0) is 4.79 Å². The molecule has 15 heavy (non-hydrogen) atoms. The lowest BCUT2D eigenvalue weighted by Gasteiger charge is -2.32. The molecule has 2 unspecified atom stereocenters. The summed E-state index contributed by atoms with van der Waals surface area (Å²) in [6, 6.07) is -0.776. The summed E-state index contributed by atoms with van der Waals surface area (Å²) in [5.41, 5.74) is -1.83. The molecule has 1 aliphatic heterocycles. The highest BCUT2D eigenvalue weighted by Gasteiger charge is 2.55. The van der Waals surface area contributed by atoms with Gasteiger partial charge in [0.25, 0.3) is 5.91 Å². The Balaban J connectivity index is 3.17. The van der Waals surface area contributed by atoms with Gasteiger partial charge in [-0.25, -0.2) is 4.79 Å². The van der Waals surface area contributed by atoms with Gasteiger partial charge in [-0.15, -0.1) is 13.2 Å². The fourth-order valence-electron chi connectivity index (χ4n) is 1.45. The molecule has 1 heterocycles. The van der Waals surface area contributed by atoms with Gasteiger partial charge >= 0.3 is 6.03 Å². The Kier molecular flexibility index (Phi) is 2.92. The highest BCUT2D eigenvalue weighted by atomic mass is 16.3. The molecule has 0 radical (unpaired) electrons. The first-order valence-electron chi connectivity index (χ1n) is 4.24. The Morgan fingerprint density at radius 3 is 1.93 bits per heavy atom. The summed E-state index contributed by atoms with van der Waals surface area (Å²) >= 11 is 0. The van der Waals surface area contributed by atoms with Gasteiger partial charge in [-0.2, -0.15) is 0 Å². The Labute approximate surface area is 86.3 Å². The summed E-state index contributed by atoms with van der Waals surface area (Å²) in [6.07, 6.45) is -0.704. The van der Waals surface area contributed by atoms with Crippen molar-refractivity contribution in [2.75, 3.05) is 0 Å². The van der Waals surface area contributed by atoms with E-state index in [-0.39, 0.29) is 0 Å². The van der Waals surface area contributed by atoms with E-state index in [0.717, 1.165) is 12.2 Å². The van der Waals surface area contributed by atoms with Crippen LogP contribution >= 0.6 is 0 Å². The van der Waals surface area contributed by atoms with E-state index in [4.69, 9.17) is 0 Å². The van der Waals surface area contributed by atoms with Crippen molar-refractivity contribution in [3.8, 4) is 0 Å². The molecule has 1 fully saturated rings. The van der Waals surface area contributed by atoms with Gasteiger partial charge in [-0.05, 0) is 0 Å². The molecule has 6 nitrogen and oxygen atoms in total. The SMILES string of the molecule is C=CC(O)C1(C(O)C=C)NC(=O)NC1=O. The summed E-state index contributed by atoms with van der Waals surface area (Å²) in [7, 11) is 0. The van der Waals surface area contributed by atoms with Crippen molar-refractivity contribution in [3.05, 3.63) is 25.3 Å². The molecule has 0 aromatic carbocycles. The molecular weight excluding hydrogens is 200 g/mol. The maximum Gasteiger partial charge on any atom is 0.322 e. The van der Waals surface area contributed by atoms with Crippen molar-refractivity contribution in [3.63, 3.8) is 0 Å². The monoisotopic (exact) mass is 212 g/mol. The molecule has 82 valence electrons. The van der Waals surface area contributed by atoms with E-state index >= 15 is 0 Å². The molecule has 0 spiro atoms. The van der Waals surface area contributed by atoms with Crippen LogP contribution in [0.25, 0.3) is 0 Å². The van der Waals surface area contributed by atoms with Crippen LogP contribution in [0.2, 0.25) is 0 Å². The summed E-state index contributed by atoms with van der Waals surface area (Å²) in [5.74, 6) is -0.813. The number of aliphatic hydroxyl groups excluding tert-OH is 2. The number of nitrogens with one attached hydrogen (secondary N) is 2. The van der Waals surface area contributed by atoms with Crippen LogP contribution < -0.4 is 10.6 Å². The zero-order valence-electron chi connectivity index (χ0n) is 7.93. The quantitative estimate of drug-likeness (QED) is 0.342. The Morgan fingerprint density at radius 1 is 1.20 bits per heavy atom. The number of hydrogen-bond acceptors (Lipinski definition) is 4. The van der Waals surface area contributed by atoms with Crippen LogP contribution in [0.3, 0.4) is 0 Å². The molecular formula is C9H12N2O4. The molecule has 3 amide bonds. The maximum absolute atomic E-state index is 11.5. The Bertz CT molecular complexity index is 312. The van der Waals surface area contributed by atoms with Gasteiger partial charge in [-0.1, -0.05) is 12.2 Å². The van der Waals surface area contributed by atoms with Crippen LogP contribution in [0.4, 0.5) is 4.79 Å². The minimum atomic E-state index is -1.83. The highest BCUT2D eigenvalue weighted by molar-refractivity contribution is 6.08. The third kappa shape index (κ3) is 1.53. The molecule has 1 rings (SSSR count). The average Bonchev–Trinajstić information content (AvgIpc) is 2.52. The van der Waals surface area contributed by atoms with Crippen LogP contribution in [-0.4, -0.2) is 39.9 Å². The molecule has 4 N–H and O–H groups in total. The molecule has 2 atom stereocenters. The number of urea groups is 1. The average molecular weight is 212 g/mol. The number of carbonyl (C=O) groups is 2. The first-order valence-corrected chi connectivity index (χ1v) is 4.24. The van der Waals surface area contributed by atoms with E-state index in [1.54, 1.807) is 0 Å². The van der Waals surface area contributed by atoms with E-state index < -0.39 is 29.7 Å². The lowest BCUT2D eigenvalue weighted by Crippen LogP contribution is -2.63. The second-order valence-corrected chi connectivity index (χ2v) is 3.14. The maximum atomic E-state index is 11.5. The fourth-order valence-corrected chi connectivity index (χ4v) is 1.45. The largest absolute Gasteiger partial charge is 0.386 e. The normalized spacial score (nSPS) is 28.9. The van der Waals surface area contributed by atoms with Crippen LogP contribution in [0.15, 0.2) is 25.3 Å². The number of imide groups is 1. The molecule has 6 heteroatoms. The fraction of sp³-hybridized carbons (Fsp3) is 0.333. The Morgan fingerprint density at radius 2 is 1.67 bits per heavy atom. The zero-order valence-corrected chi connectivity index (χ0v) is 7.93. The minimum absolute atomic E-state index is 0.776. The standard InChI is InChI=1S/C9H12N2O4/c1-3-5(12)9(6(13)4-2)7(14)10-8(15)11-9/h3-6,12-13H,1-2H2,(H2,10,11,14,15). The van der Waals surface area contributed by atoms with Crippen molar-refractivity contribution in [1.82, 2.24) is 10.6 Å². The third-order valence-electron chi connectivity index (χ3n) is 2.30. The van der Waals surface area contributed by atoms with Crippen LogP contribution in [0, 0.1) is 0 Å². The smallest absolute Gasteiger partial charge is 0.322 e. The van der Waals surface area contributed by atoms with Gasteiger partial charge < -0.3 is 15.5 Å². The summed E-state index contributed by atoms with van der Waals surface area (Å²) < 4.78 is 0. The van der Waals surface area contributed by atoms with Crippen molar-refractivity contribution >= 4 is 11.9 Å². The molecule has 0 aromatic heterocycles. The van der Waals surface area contributed by atoms with Crippen molar-refractivity contribution in [2.24, 2.45) is 0 Å². The summed E-state index contributed by atoms with van der Waals surface area (Å²) in [6.45, 7) is 6.60. The first kappa shape index (κ1) is 11.4. The lowest BCUT2D eigenvalue weighted by atomic mass is 9.86. The summed E-state index contributed by atoms with van der Waals surface area (Å²) in [5, 5.41) is 23.3. The lowest BCUT2D eigenvalue weighted by molar-refractivity contribution is -0.131. The molecule has 0 saturated carbocycles. The van der Waals surface area contributed by atoms with E-state index in [2.05, 4.69) is 18.5 Å². The van der Waals surface area contributed by atoms with Gasteiger partial charge in [0, 0.05) is 0 Å². The molecule has 0 bridgehead atoms. The molecule has 0 aliphatic carbocycles.